The molecule has 4 heterocycles. The molecule has 0 aliphatic heterocycles. The summed E-state index contributed by atoms with van der Waals surface area (Å²) in [7, 11) is 0. The van der Waals surface area contributed by atoms with E-state index in [4.69, 9.17) is 5.73 Å². The van der Waals surface area contributed by atoms with Gasteiger partial charge in [-0.05, 0) is 36.8 Å². The minimum atomic E-state index is -0.267. The van der Waals surface area contributed by atoms with Crippen LogP contribution in [-0.2, 0) is 0 Å². The van der Waals surface area contributed by atoms with Crippen molar-refractivity contribution < 1.29 is 0 Å². The molecule has 1 aromatic carbocycles. The molecule has 4 N–H and O–H groups in total. The third-order valence-corrected chi connectivity index (χ3v) is 4.63. The molecule has 5 rings (SSSR count). The molecule has 0 atom stereocenters. The molecule has 27 heavy (non-hydrogen) atoms. The smallest absolute Gasteiger partial charge is 0.274 e. The highest BCUT2D eigenvalue weighted by molar-refractivity contribution is 5.88. The van der Waals surface area contributed by atoms with Crippen molar-refractivity contribution in [2.45, 2.75) is 6.92 Å². The number of pyridine rings is 1. The van der Waals surface area contributed by atoms with Crippen LogP contribution in [0.2, 0.25) is 0 Å². The molecule has 0 unspecified atom stereocenters. The van der Waals surface area contributed by atoms with Crippen molar-refractivity contribution in [1.82, 2.24) is 29.8 Å². The molecule has 0 aliphatic rings. The van der Waals surface area contributed by atoms with Crippen LogP contribution in [0.25, 0.3) is 39.1 Å². The van der Waals surface area contributed by atoms with Crippen LogP contribution < -0.4 is 11.3 Å². The van der Waals surface area contributed by atoms with Gasteiger partial charge in [0.1, 0.15) is 5.65 Å². The average molecular weight is 357 g/mol. The van der Waals surface area contributed by atoms with Crippen molar-refractivity contribution in [2.24, 2.45) is 0 Å². The maximum Gasteiger partial charge on any atom is 0.274 e. The van der Waals surface area contributed by atoms with E-state index in [0.717, 1.165) is 22.2 Å². The number of aromatic nitrogens is 6. The fourth-order valence-corrected chi connectivity index (χ4v) is 3.29. The second-order valence-corrected chi connectivity index (χ2v) is 6.33. The number of rotatable bonds is 2. The molecule has 8 nitrogen and oxygen atoms in total. The predicted octanol–water partition coefficient (Wildman–Crippen LogP) is 2.52. The first kappa shape index (κ1) is 15.3. The van der Waals surface area contributed by atoms with Crippen LogP contribution in [0.15, 0.2) is 53.5 Å². The van der Waals surface area contributed by atoms with Crippen LogP contribution >= 0.6 is 0 Å². The summed E-state index contributed by atoms with van der Waals surface area (Å²) in [6.07, 6.45) is 1.68. The number of benzene rings is 1. The van der Waals surface area contributed by atoms with Crippen molar-refractivity contribution in [3.63, 3.8) is 0 Å². The zero-order chi connectivity index (χ0) is 18.5. The van der Waals surface area contributed by atoms with Crippen LogP contribution in [0.4, 0.5) is 5.82 Å². The van der Waals surface area contributed by atoms with Crippen LogP contribution in [0, 0.1) is 6.92 Å². The fraction of sp³-hybridized carbons (Fsp3) is 0.0526. The molecule has 0 radical (unpaired) electrons. The van der Waals surface area contributed by atoms with E-state index in [1.807, 2.05) is 43.3 Å². The summed E-state index contributed by atoms with van der Waals surface area (Å²) in [4.78, 5) is 20.3. The molecule has 0 aliphatic carbocycles. The van der Waals surface area contributed by atoms with Gasteiger partial charge in [-0.3, -0.25) is 14.9 Å². The van der Waals surface area contributed by atoms with E-state index in [2.05, 4.69) is 25.3 Å². The van der Waals surface area contributed by atoms with Gasteiger partial charge in [0.2, 0.25) is 0 Å². The lowest BCUT2D eigenvalue weighted by atomic mass is 10.1. The molecule has 5 aromatic rings. The Hall–Kier alpha value is -3.94. The molecular weight excluding hydrogens is 342 g/mol. The Morgan fingerprint density at radius 1 is 1.15 bits per heavy atom. The van der Waals surface area contributed by atoms with E-state index >= 15 is 0 Å². The predicted molar refractivity (Wildman–Crippen MR) is 103 cm³/mol. The number of aromatic amines is 2. The SMILES string of the molecule is Cc1n[nH]c2ccc(-c3cc(=O)n4nc(N)c(-c5ccccn5)c4[nH]3)cc12. The van der Waals surface area contributed by atoms with Gasteiger partial charge in [-0.25, -0.2) is 0 Å². The topological polar surface area (TPSA) is 118 Å². The number of nitrogens with zero attached hydrogens (tertiary/aromatic N) is 4. The van der Waals surface area contributed by atoms with Crippen LogP contribution in [-0.4, -0.2) is 29.8 Å². The summed E-state index contributed by atoms with van der Waals surface area (Å²) < 4.78 is 1.27. The van der Waals surface area contributed by atoms with Gasteiger partial charge >= 0.3 is 0 Å². The molecular formula is C19H15N7O. The highest BCUT2D eigenvalue weighted by Crippen LogP contribution is 2.29. The zero-order valence-corrected chi connectivity index (χ0v) is 14.4. The number of hydrogen-bond donors (Lipinski definition) is 3. The molecule has 0 amide bonds. The minimum Gasteiger partial charge on any atom is -0.382 e. The van der Waals surface area contributed by atoms with Gasteiger partial charge in [-0.15, -0.1) is 5.10 Å². The van der Waals surface area contributed by atoms with E-state index in [1.54, 1.807) is 6.20 Å². The standard InChI is InChI=1S/C19H15N7O/c1-10-12-8-11(5-6-13(12)24-23-10)15-9-16(27)26-19(22-15)17(18(20)25-26)14-4-2-3-7-21-14/h2-9,22H,1H3,(H2,20,25)(H,23,24). The summed E-state index contributed by atoms with van der Waals surface area (Å²) in [6.45, 7) is 1.94. The van der Waals surface area contributed by atoms with Crippen molar-refractivity contribution >= 4 is 22.4 Å². The summed E-state index contributed by atoms with van der Waals surface area (Å²) in [5, 5.41) is 12.4. The largest absolute Gasteiger partial charge is 0.382 e. The summed E-state index contributed by atoms with van der Waals surface area (Å²) in [5.74, 6) is 0.250. The minimum absolute atomic E-state index is 0.250. The Labute approximate surface area is 152 Å². The third kappa shape index (κ3) is 2.30. The van der Waals surface area contributed by atoms with Crippen molar-refractivity contribution in [1.29, 1.82) is 0 Å². The lowest BCUT2D eigenvalue weighted by molar-refractivity contribution is 0.906. The quantitative estimate of drug-likeness (QED) is 0.449. The maximum atomic E-state index is 12.6. The molecule has 0 spiro atoms. The number of H-pyrrole nitrogens is 2. The number of anilines is 1. The number of aryl methyl sites for hydroxylation is 1. The van der Waals surface area contributed by atoms with E-state index in [-0.39, 0.29) is 11.4 Å². The molecule has 8 heteroatoms. The van der Waals surface area contributed by atoms with Gasteiger partial charge in [-0.2, -0.15) is 9.61 Å². The van der Waals surface area contributed by atoms with Gasteiger partial charge in [0.05, 0.1) is 28.2 Å². The maximum absolute atomic E-state index is 12.6. The monoisotopic (exact) mass is 357 g/mol. The molecule has 0 saturated carbocycles. The summed E-state index contributed by atoms with van der Waals surface area (Å²) in [5.41, 5.74) is 11.0. The van der Waals surface area contributed by atoms with Crippen LogP contribution in [0.3, 0.4) is 0 Å². The highest BCUT2D eigenvalue weighted by atomic mass is 16.1. The third-order valence-electron chi connectivity index (χ3n) is 4.63. The molecule has 4 aromatic heterocycles. The van der Waals surface area contributed by atoms with E-state index in [1.165, 1.54) is 10.6 Å². The zero-order valence-electron chi connectivity index (χ0n) is 14.4. The summed E-state index contributed by atoms with van der Waals surface area (Å²) in [6, 6.07) is 12.9. The van der Waals surface area contributed by atoms with E-state index in [0.29, 0.717) is 22.6 Å². The first-order valence-corrected chi connectivity index (χ1v) is 8.40. The Bertz CT molecular complexity index is 1360. The van der Waals surface area contributed by atoms with Gasteiger partial charge in [0.25, 0.3) is 5.56 Å². The molecule has 0 bridgehead atoms. The number of nitrogen functional groups attached to an aromatic ring is 1. The van der Waals surface area contributed by atoms with Gasteiger partial charge in [0, 0.05) is 17.6 Å². The number of fused-ring (bicyclic) bond motifs is 2. The number of nitrogens with one attached hydrogen (secondary N) is 2. The van der Waals surface area contributed by atoms with Crippen LogP contribution in [0.1, 0.15) is 5.69 Å². The second kappa shape index (κ2) is 5.53. The fourth-order valence-electron chi connectivity index (χ4n) is 3.29. The normalized spacial score (nSPS) is 11.4. The second-order valence-electron chi connectivity index (χ2n) is 6.33. The lowest BCUT2D eigenvalue weighted by Gasteiger charge is -2.05. The Morgan fingerprint density at radius 2 is 2.04 bits per heavy atom. The van der Waals surface area contributed by atoms with Crippen LogP contribution in [0.5, 0.6) is 0 Å². The summed E-state index contributed by atoms with van der Waals surface area (Å²) >= 11 is 0. The number of hydrogen-bond acceptors (Lipinski definition) is 5. The van der Waals surface area contributed by atoms with Gasteiger partial charge < -0.3 is 10.7 Å². The van der Waals surface area contributed by atoms with Crippen molar-refractivity contribution in [3.05, 3.63) is 64.7 Å². The van der Waals surface area contributed by atoms with E-state index in [9.17, 15) is 4.79 Å². The first-order chi connectivity index (χ1) is 13.1. The van der Waals surface area contributed by atoms with E-state index < -0.39 is 0 Å². The molecule has 132 valence electrons. The van der Waals surface area contributed by atoms with Gasteiger partial charge in [0.15, 0.2) is 5.82 Å². The number of nitrogens with two attached hydrogens (primary N) is 1. The molecule has 0 fully saturated rings. The highest BCUT2D eigenvalue weighted by Gasteiger charge is 2.17. The Balaban J connectivity index is 1.78. The van der Waals surface area contributed by atoms with Crippen molar-refractivity contribution in [2.75, 3.05) is 5.73 Å². The lowest BCUT2D eigenvalue weighted by Crippen LogP contribution is -2.14. The Morgan fingerprint density at radius 3 is 2.85 bits per heavy atom. The Kier molecular flexibility index (Phi) is 3.14. The van der Waals surface area contributed by atoms with Gasteiger partial charge in [-0.1, -0.05) is 12.1 Å². The average Bonchev–Trinajstić information content (AvgIpc) is 3.22. The van der Waals surface area contributed by atoms with Crippen molar-refractivity contribution in [3.8, 4) is 22.5 Å². The molecule has 0 saturated heterocycles. The first-order valence-electron chi connectivity index (χ1n) is 8.40.